The van der Waals surface area contributed by atoms with Crippen molar-refractivity contribution in [1.82, 2.24) is 15.1 Å². The fourth-order valence-electron chi connectivity index (χ4n) is 3.25. The molecule has 0 bridgehead atoms. The lowest BCUT2D eigenvalue weighted by molar-refractivity contribution is 0.255. The van der Waals surface area contributed by atoms with Gasteiger partial charge in [-0.1, -0.05) is 13.8 Å². The number of nitrogens with zero attached hydrogens (tertiary/aromatic N) is 3. The highest BCUT2D eigenvalue weighted by atomic mass is 19.2. The van der Waals surface area contributed by atoms with E-state index < -0.39 is 11.6 Å². The van der Waals surface area contributed by atoms with E-state index in [0.717, 1.165) is 50.8 Å². The summed E-state index contributed by atoms with van der Waals surface area (Å²) in [5, 5.41) is 3.28. The Labute approximate surface area is 155 Å². The Morgan fingerprint density at radius 3 is 2.73 bits per heavy atom. The van der Waals surface area contributed by atoms with Gasteiger partial charge in [0.2, 0.25) is 0 Å². The van der Waals surface area contributed by atoms with E-state index in [1.54, 1.807) is 7.05 Å². The summed E-state index contributed by atoms with van der Waals surface area (Å²) < 4.78 is 31.5. The Morgan fingerprint density at radius 1 is 1.31 bits per heavy atom. The van der Waals surface area contributed by atoms with Gasteiger partial charge in [-0.05, 0) is 37.6 Å². The van der Waals surface area contributed by atoms with Crippen molar-refractivity contribution >= 4 is 5.96 Å². The number of benzene rings is 1. The molecule has 0 aliphatic carbocycles. The number of nitrogens with one attached hydrogen (secondary N) is 1. The van der Waals surface area contributed by atoms with Crippen molar-refractivity contribution in [2.75, 3.05) is 52.9 Å². The highest BCUT2D eigenvalue weighted by molar-refractivity contribution is 5.80. The maximum atomic E-state index is 13.2. The number of hydrogen-bond acceptors (Lipinski definition) is 3. The van der Waals surface area contributed by atoms with Crippen LogP contribution in [0.3, 0.4) is 0 Å². The normalized spacial score (nSPS) is 17.8. The molecule has 1 aromatic rings. The number of ether oxygens (including phenoxy) is 1. The van der Waals surface area contributed by atoms with Crippen LogP contribution in [-0.2, 0) is 0 Å². The number of halogens is 2. The summed E-state index contributed by atoms with van der Waals surface area (Å²) in [5.74, 6) is 0.0701. The first kappa shape index (κ1) is 20.4. The molecule has 1 heterocycles. The Balaban J connectivity index is 1.73. The van der Waals surface area contributed by atoms with Gasteiger partial charge in [-0.25, -0.2) is 8.78 Å². The van der Waals surface area contributed by atoms with E-state index in [1.807, 2.05) is 0 Å². The van der Waals surface area contributed by atoms with Crippen molar-refractivity contribution < 1.29 is 13.5 Å². The minimum absolute atomic E-state index is 0.321. The van der Waals surface area contributed by atoms with Crippen molar-refractivity contribution in [1.29, 1.82) is 0 Å². The molecule has 0 aromatic heterocycles. The van der Waals surface area contributed by atoms with Gasteiger partial charge < -0.3 is 19.9 Å². The van der Waals surface area contributed by atoms with Gasteiger partial charge in [0, 0.05) is 32.7 Å². The van der Waals surface area contributed by atoms with Crippen LogP contribution < -0.4 is 10.1 Å². The van der Waals surface area contributed by atoms with E-state index in [9.17, 15) is 8.78 Å². The molecular formula is C19H30F2N4O. The van der Waals surface area contributed by atoms with Gasteiger partial charge in [-0.15, -0.1) is 0 Å². The number of likely N-dealkylation sites (tertiary alicyclic amines) is 1. The van der Waals surface area contributed by atoms with E-state index in [1.165, 1.54) is 12.5 Å². The van der Waals surface area contributed by atoms with Crippen LogP contribution in [0.4, 0.5) is 8.78 Å². The van der Waals surface area contributed by atoms with E-state index in [2.05, 4.69) is 34.0 Å². The molecule has 1 aliphatic rings. The fourth-order valence-corrected chi connectivity index (χ4v) is 3.25. The number of rotatable bonds is 8. The lowest BCUT2D eigenvalue weighted by Gasteiger charge is -2.24. The standard InChI is InChI=1S/C19H30F2N4O/c1-4-24(5-2)13-15-8-10-25(14-15)19(22-3)23-9-11-26-16-6-7-17(20)18(21)12-16/h6-7,12,15H,4-5,8-11,13-14H2,1-3H3,(H,22,23). The first-order valence-corrected chi connectivity index (χ1v) is 9.33. The maximum absolute atomic E-state index is 13.2. The summed E-state index contributed by atoms with van der Waals surface area (Å²) in [5.41, 5.74) is 0. The molecule has 146 valence electrons. The molecule has 0 spiro atoms. The number of hydrogen-bond donors (Lipinski definition) is 1. The van der Waals surface area contributed by atoms with Crippen LogP contribution in [0.2, 0.25) is 0 Å². The highest BCUT2D eigenvalue weighted by Gasteiger charge is 2.25. The van der Waals surface area contributed by atoms with Crippen LogP contribution in [0, 0.1) is 17.6 Å². The number of guanidine groups is 1. The van der Waals surface area contributed by atoms with Crippen molar-refractivity contribution in [3.8, 4) is 5.75 Å². The molecule has 1 saturated heterocycles. The summed E-state index contributed by atoms with van der Waals surface area (Å²) in [6.07, 6.45) is 1.17. The summed E-state index contributed by atoms with van der Waals surface area (Å²) in [6, 6.07) is 3.55. The van der Waals surface area contributed by atoms with Crippen molar-refractivity contribution in [2.45, 2.75) is 20.3 Å². The quantitative estimate of drug-likeness (QED) is 0.435. The summed E-state index contributed by atoms with van der Waals surface area (Å²) >= 11 is 0. The smallest absolute Gasteiger partial charge is 0.193 e. The minimum Gasteiger partial charge on any atom is -0.492 e. The van der Waals surface area contributed by atoms with Crippen LogP contribution in [0.5, 0.6) is 5.75 Å². The second-order valence-electron chi connectivity index (χ2n) is 6.48. The molecule has 5 nitrogen and oxygen atoms in total. The third kappa shape index (κ3) is 5.83. The van der Waals surface area contributed by atoms with Crippen molar-refractivity contribution in [2.24, 2.45) is 10.9 Å². The van der Waals surface area contributed by atoms with Gasteiger partial charge in [-0.3, -0.25) is 4.99 Å². The molecule has 0 amide bonds. The molecule has 1 aromatic carbocycles. The third-order valence-corrected chi connectivity index (χ3v) is 4.75. The van der Waals surface area contributed by atoms with Gasteiger partial charge in [0.25, 0.3) is 0 Å². The Bertz CT molecular complexity index is 593. The van der Waals surface area contributed by atoms with Crippen molar-refractivity contribution in [3.63, 3.8) is 0 Å². The first-order chi connectivity index (χ1) is 12.6. The van der Waals surface area contributed by atoms with Crippen LogP contribution in [-0.4, -0.2) is 68.7 Å². The van der Waals surface area contributed by atoms with Crippen LogP contribution in [0.1, 0.15) is 20.3 Å². The summed E-state index contributed by atoms with van der Waals surface area (Å²) in [7, 11) is 1.77. The zero-order valence-corrected chi connectivity index (χ0v) is 16.0. The Kier molecular flexibility index (Phi) is 8.09. The minimum atomic E-state index is -0.900. The first-order valence-electron chi connectivity index (χ1n) is 9.33. The molecule has 7 heteroatoms. The lowest BCUT2D eigenvalue weighted by atomic mass is 10.1. The summed E-state index contributed by atoms with van der Waals surface area (Å²) in [6.45, 7) is 10.6. The molecule has 1 aliphatic heterocycles. The van der Waals surface area contributed by atoms with Crippen molar-refractivity contribution in [3.05, 3.63) is 29.8 Å². The van der Waals surface area contributed by atoms with E-state index in [0.29, 0.717) is 24.8 Å². The average molecular weight is 368 g/mol. The molecule has 26 heavy (non-hydrogen) atoms. The molecule has 1 atom stereocenters. The zero-order valence-electron chi connectivity index (χ0n) is 16.0. The molecule has 1 unspecified atom stereocenters. The van der Waals surface area contributed by atoms with Gasteiger partial charge in [0.05, 0.1) is 6.54 Å². The molecule has 2 rings (SSSR count). The zero-order chi connectivity index (χ0) is 18.9. The molecule has 0 radical (unpaired) electrons. The SMILES string of the molecule is CCN(CC)CC1CCN(C(=NC)NCCOc2ccc(F)c(F)c2)C1. The van der Waals surface area contributed by atoms with Gasteiger partial charge in [0.15, 0.2) is 17.6 Å². The van der Waals surface area contributed by atoms with E-state index in [4.69, 9.17) is 4.74 Å². The van der Waals surface area contributed by atoms with Crippen LogP contribution >= 0.6 is 0 Å². The van der Waals surface area contributed by atoms with E-state index >= 15 is 0 Å². The largest absolute Gasteiger partial charge is 0.492 e. The van der Waals surface area contributed by atoms with Gasteiger partial charge in [0.1, 0.15) is 12.4 Å². The monoisotopic (exact) mass is 368 g/mol. The van der Waals surface area contributed by atoms with E-state index in [-0.39, 0.29) is 0 Å². The Hall–Kier alpha value is -1.89. The number of aliphatic imine (C=N–C) groups is 1. The van der Waals surface area contributed by atoms with Gasteiger partial charge >= 0.3 is 0 Å². The average Bonchev–Trinajstić information content (AvgIpc) is 3.11. The maximum Gasteiger partial charge on any atom is 0.193 e. The lowest BCUT2D eigenvalue weighted by Crippen LogP contribution is -2.42. The summed E-state index contributed by atoms with van der Waals surface area (Å²) in [4.78, 5) is 9.07. The Morgan fingerprint density at radius 2 is 2.08 bits per heavy atom. The third-order valence-electron chi connectivity index (χ3n) is 4.75. The van der Waals surface area contributed by atoms with Crippen LogP contribution in [0.15, 0.2) is 23.2 Å². The van der Waals surface area contributed by atoms with Crippen LogP contribution in [0.25, 0.3) is 0 Å². The molecule has 1 fully saturated rings. The fraction of sp³-hybridized carbons (Fsp3) is 0.632. The predicted molar refractivity (Wildman–Crippen MR) is 101 cm³/mol. The predicted octanol–water partition coefficient (Wildman–Crippen LogP) is 2.58. The molecule has 1 N–H and O–H groups in total. The highest BCUT2D eigenvalue weighted by Crippen LogP contribution is 2.18. The van der Waals surface area contributed by atoms with Gasteiger partial charge in [-0.2, -0.15) is 0 Å². The molecule has 0 saturated carbocycles. The molecular weight excluding hydrogens is 338 g/mol. The second-order valence-corrected chi connectivity index (χ2v) is 6.48. The topological polar surface area (TPSA) is 40.1 Å². The second kappa shape index (κ2) is 10.3.